The lowest BCUT2D eigenvalue weighted by molar-refractivity contribution is 0.410. The third kappa shape index (κ3) is 2.06. The number of nitrogens with two attached hydrogens (primary N) is 1. The van der Waals surface area contributed by atoms with Crippen LogP contribution < -0.4 is 11.1 Å². The Kier molecular flexibility index (Phi) is 2.91. The van der Waals surface area contributed by atoms with Gasteiger partial charge in [-0.15, -0.1) is 0 Å². The second kappa shape index (κ2) is 4.57. The molecule has 0 saturated heterocycles. The first-order valence-corrected chi connectivity index (χ1v) is 6.53. The van der Waals surface area contributed by atoms with Gasteiger partial charge in [0.2, 0.25) is 0 Å². The first-order valence-electron chi connectivity index (χ1n) is 6.53. The average Bonchev–Trinajstić information content (AvgIpc) is 2.76. The lowest BCUT2D eigenvalue weighted by Gasteiger charge is -2.27. The molecule has 3 N–H and O–H groups in total. The number of pyridine rings is 1. The molecule has 0 amide bonds. The zero-order chi connectivity index (χ0) is 12.5. The van der Waals surface area contributed by atoms with E-state index in [0.717, 1.165) is 42.4 Å². The molecule has 0 atom stereocenters. The third-order valence-corrected chi connectivity index (χ3v) is 3.79. The van der Waals surface area contributed by atoms with E-state index in [9.17, 15) is 0 Å². The second-order valence-electron chi connectivity index (χ2n) is 5.12. The minimum atomic E-state index is 0.380. The van der Waals surface area contributed by atoms with Crippen LogP contribution in [0.4, 0.5) is 5.82 Å². The van der Waals surface area contributed by atoms with Gasteiger partial charge >= 0.3 is 0 Å². The molecule has 96 valence electrons. The molecule has 0 aromatic carbocycles. The van der Waals surface area contributed by atoms with Crippen molar-refractivity contribution in [1.82, 2.24) is 14.8 Å². The van der Waals surface area contributed by atoms with Crippen LogP contribution >= 0.6 is 0 Å². The number of hydrogen-bond acceptors (Lipinski definition) is 4. The molecule has 1 aliphatic rings. The monoisotopic (exact) mass is 245 g/mol. The number of nitrogens with zero attached hydrogens (tertiary/aromatic N) is 3. The number of hydrogen-bond donors (Lipinski definition) is 2. The summed E-state index contributed by atoms with van der Waals surface area (Å²) in [5.41, 5.74) is 7.04. The Hall–Kier alpha value is -1.62. The fraction of sp³-hybridized carbons (Fsp3) is 0.538. The number of nitrogens with one attached hydrogen (secondary N) is 1. The molecule has 0 spiro atoms. The Bertz CT molecular complexity index is 539. The van der Waals surface area contributed by atoms with Crippen molar-refractivity contribution in [2.24, 2.45) is 12.8 Å². The van der Waals surface area contributed by atoms with Crippen molar-refractivity contribution in [2.45, 2.75) is 37.8 Å². The summed E-state index contributed by atoms with van der Waals surface area (Å²) in [4.78, 5) is 4.44. The van der Waals surface area contributed by atoms with E-state index in [-0.39, 0.29) is 0 Å². The normalized spacial score (nSPS) is 24.3. The van der Waals surface area contributed by atoms with Gasteiger partial charge in [0, 0.05) is 25.3 Å². The summed E-state index contributed by atoms with van der Waals surface area (Å²) in [5, 5.41) is 8.91. The van der Waals surface area contributed by atoms with Gasteiger partial charge in [0.05, 0.1) is 17.1 Å². The lowest BCUT2D eigenvalue weighted by Crippen LogP contribution is -2.33. The van der Waals surface area contributed by atoms with Crippen molar-refractivity contribution in [2.75, 3.05) is 5.32 Å². The minimum absolute atomic E-state index is 0.380. The van der Waals surface area contributed by atoms with Gasteiger partial charge in [0.15, 0.2) is 0 Å². The van der Waals surface area contributed by atoms with E-state index in [2.05, 4.69) is 15.4 Å². The van der Waals surface area contributed by atoms with E-state index in [4.69, 9.17) is 5.73 Å². The average molecular weight is 245 g/mol. The molecular weight excluding hydrogens is 226 g/mol. The SMILES string of the molecule is Cn1ncc2c(NC3CCC(N)CC3)nccc21. The van der Waals surface area contributed by atoms with Gasteiger partial charge in [-0.2, -0.15) is 5.10 Å². The Morgan fingerprint density at radius 3 is 2.89 bits per heavy atom. The first kappa shape index (κ1) is 11.5. The molecule has 1 fully saturated rings. The van der Waals surface area contributed by atoms with Crippen LogP contribution in [0.15, 0.2) is 18.5 Å². The highest BCUT2D eigenvalue weighted by molar-refractivity contribution is 5.88. The van der Waals surface area contributed by atoms with E-state index >= 15 is 0 Å². The van der Waals surface area contributed by atoms with Crippen LogP contribution in [0.3, 0.4) is 0 Å². The highest BCUT2D eigenvalue weighted by Crippen LogP contribution is 2.24. The topological polar surface area (TPSA) is 68.8 Å². The van der Waals surface area contributed by atoms with Crippen LogP contribution in [-0.4, -0.2) is 26.8 Å². The molecule has 3 rings (SSSR count). The van der Waals surface area contributed by atoms with Gasteiger partial charge in [-0.05, 0) is 31.7 Å². The van der Waals surface area contributed by atoms with E-state index in [1.165, 1.54) is 0 Å². The maximum atomic E-state index is 5.93. The summed E-state index contributed by atoms with van der Waals surface area (Å²) in [6.45, 7) is 0. The smallest absolute Gasteiger partial charge is 0.137 e. The predicted molar refractivity (Wildman–Crippen MR) is 72.4 cm³/mol. The van der Waals surface area contributed by atoms with E-state index in [1.54, 1.807) is 0 Å². The molecule has 2 heterocycles. The predicted octanol–water partition coefficient (Wildman–Crippen LogP) is 1.65. The molecule has 2 aromatic heterocycles. The molecule has 0 aliphatic heterocycles. The molecule has 5 heteroatoms. The standard InChI is InChI=1S/C13H19N5/c1-18-12-6-7-15-13(11(12)8-16-18)17-10-4-2-9(14)3-5-10/h6-10H,2-5,14H2,1H3,(H,15,17). The van der Waals surface area contributed by atoms with Gasteiger partial charge in [0.1, 0.15) is 5.82 Å². The third-order valence-electron chi connectivity index (χ3n) is 3.79. The summed E-state index contributed by atoms with van der Waals surface area (Å²) in [7, 11) is 1.95. The highest BCUT2D eigenvalue weighted by Gasteiger charge is 2.19. The molecule has 2 aromatic rings. The molecule has 5 nitrogen and oxygen atoms in total. The van der Waals surface area contributed by atoms with Crippen LogP contribution in [0.1, 0.15) is 25.7 Å². The van der Waals surface area contributed by atoms with Gasteiger partial charge < -0.3 is 11.1 Å². The number of aryl methyl sites for hydroxylation is 1. The molecule has 0 unspecified atom stereocenters. The highest BCUT2D eigenvalue weighted by atomic mass is 15.3. The van der Waals surface area contributed by atoms with E-state index < -0.39 is 0 Å². The largest absolute Gasteiger partial charge is 0.367 e. The second-order valence-corrected chi connectivity index (χ2v) is 5.12. The Morgan fingerprint density at radius 2 is 2.11 bits per heavy atom. The molecule has 1 saturated carbocycles. The van der Waals surface area contributed by atoms with Crippen molar-refractivity contribution in [3.63, 3.8) is 0 Å². The number of anilines is 1. The van der Waals surface area contributed by atoms with Gasteiger partial charge in [-0.25, -0.2) is 4.98 Å². The van der Waals surface area contributed by atoms with Crippen LogP contribution in [0.25, 0.3) is 10.9 Å². The van der Waals surface area contributed by atoms with Crippen LogP contribution in [0.5, 0.6) is 0 Å². The summed E-state index contributed by atoms with van der Waals surface area (Å²) in [6.07, 6.45) is 8.15. The number of fused-ring (bicyclic) bond motifs is 1. The Balaban J connectivity index is 1.82. The molecule has 0 bridgehead atoms. The fourth-order valence-electron chi connectivity index (χ4n) is 2.65. The van der Waals surface area contributed by atoms with Gasteiger partial charge in [-0.1, -0.05) is 0 Å². The fourth-order valence-corrected chi connectivity index (χ4v) is 2.65. The molecule has 18 heavy (non-hydrogen) atoms. The van der Waals surface area contributed by atoms with Crippen molar-refractivity contribution < 1.29 is 0 Å². The number of rotatable bonds is 2. The Labute approximate surface area is 106 Å². The molecule has 0 radical (unpaired) electrons. The van der Waals surface area contributed by atoms with E-state index in [1.807, 2.05) is 30.2 Å². The maximum Gasteiger partial charge on any atom is 0.137 e. The Morgan fingerprint density at radius 1 is 1.33 bits per heavy atom. The summed E-state index contributed by atoms with van der Waals surface area (Å²) in [6, 6.07) is 2.86. The quantitative estimate of drug-likeness (QED) is 0.844. The van der Waals surface area contributed by atoms with Crippen LogP contribution in [0, 0.1) is 0 Å². The first-order chi connectivity index (χ1) is 8.74. The number of aromatic nitrogens is 3. The summed E-state index contributed by atoms with van der Waals surface area (Å²) >= 11 is 0. The zero-order valence-corrected chi connectivity index (χ0v) is 10.6. The van der Waals surface area contributed by atoms with Crippen molar-refractivity contribution in [3.05, 3.63) is 18.5 Å². The zero-order valence-electron chi connectivity index (χ0n) is 10.6. The van der Waals surface area contributed by atoms with Crippen LogP contribution in [-0.2, 0) is 7.05 Å². The molecule has 1 aliphatic carbocycles. The van der Waals surface area contributed by atoms with Crippen molar-refractivity contribution in [3.8, 4) is 0 Å². The van der Waals surface area contributed by atoms with Crippen molar-refractivity contribution in [1.29, 1.82) is 0 Å². The lowest BCUT2D eigenvalue weighted by atomic mass is 9.92. The van der Waals surface area contributed by atoms with Gasteiger partial charge in [-0.3, -0.25) is 4.68 Å². The summed E-state index contributed by atoms with van der Waals surface area (Å²) < 4.78 is 1.87. The van der Waals surface area contributed by atoms with E-state index in [0.29, 0.717) is 12.1 Å². The maximum absolute atomic E-state index is 5.93. The van der Waals surface area contributed by atoms with Crippen molar-refractivity contribution >= 4 is 16.7 Å². The summed E-state index contributed by atoms with van der Waals surface area (Å²) in [5.74, 6) is 0.945. The minimum Gasteiger partial charge on any atom is -0.367 e. The molecular formula is C13H19N5. The van der Waals surface area contributed by atoms with Crippen LogP contribution in [0.2, 0.25) is 0 Å². The van der Waals surface area contributed by atoms with Gasteiger partial charge in [0.25, 0.3) is 0 Å².